The van der Waals surface area contributed by atoms with Gasteiger partial charge in [-0.25, -0.2) is 13.2 Å². The summed E-state index contributed by atoms with van der Waals surface area (Å²) in [4.78, 5) is 29.0. The number of nitrogens with one attached hydrogen (secondary N) is 1. The highest BCUT2D eigenvalue weighted by atomic mass is 35.5. The summed E-state index contributed by atoms with van der Waals surface area (Å²) in [6.45, 7) is 1.47. The maximum atomic E-state index is 12.6. The maximum absolute atomic E-state index is 12.6. The molecule has 0 fully saturated rings. The Bertz CT molecular complexity index is 1470. The Kier molecular flexibility index (Phi) is 6.79. The molecular weight excluding hydrogens is 516 g/mol. The monoisotopic (exact) mass is 532 g/mol. The van der Waals surface area contributed by atoms with Crippen LogP contribution in [0.1, 0.15) is 22.8 Å². The highest BCUT2D eigenvalue weighted by Gasteiger charge is 2.39. The second-order valence-electron chi connectivity index (χ2n) is 7.07. The molecule has 0 radical (unpaired) electrons. The smallest absolute Gasteiger partial charge is 0.345 e. The fourth-order valence-corrected chi connectivity index (χ4v) is 5.41. The fourth-order valence-electron chi connectivity index (χ4n) is 3.03. The average Bonchev–Trinajstić information content (AvgIpc) is 3.28. The van der Waals surface area contributed by atoms with Gasteiger partial charge in [0.2, 0.25) is 19.4 Å². The molecule has 2 aliphatic rings. The van der Waals surface area contributed by atoms with Gasteiger partial charge in [0.05, 0.1) is 29.0 Å². The van der Waals surface area contributed by atoms with Crippen LogP contribution in [0.4, 0.5) is 0 Å². The minimum atomic E-state index is -3.62. The van der Waals surface area contributed by atoms with Gasteiger partial charge in [0, 0.05) is 0 Å². The van der Waals surface area contributed by atoms with Crippen molar-refractivity contribution in [3.63, 3.8) is 0 Å². The zero-order valence-corrected chi connectivity index (χ0v) is 20.7. The van der Waals surface area contributed by atoms with E-state index in [2.05, 4.69) is 10.1 Å². The highest BCUT2D eigenvalue weighted by molar-refractivity contribution is 8.42. The van der Waals surface area contributed by atoms with Crippen LogP contribution in [-0.2, 0) is 14.6 Å². The lowest BCUT2D eigenvalue weighted by molar-refractivity contribution is -0.114. The van der Waals surface area contributed by atoms with Crippen molar-refractivity contribution >= 4 is 66.5 Å². The molecule has 35 heavy (non-hydrogen) atoms. The van der Waals surface area contributed by atoms with Gasteiger partial charge < -0.3 is 9.47 Å². The topological polar surface area (TPSA) is 139 Å². The molecule has 0 bridgehead atoms. The minimum absolute atomic E-state index is 0.00332. The van der Waals surface area contributed by atoms with E-state index < -0.39 is 21.7 Å². The molecule has 0 aliphatic carbocycles. The molecule has 10 nitrogen and oxygen atoms in total. The van der Waals surface area contributed by atoms with Gasteiger partial charge in [0.15, 0.2) is 17.3 Å². The number of esters is 1. The molecule has 0 unspecified atom stereocenters. The molecule has 13 heteroatoms. The number of methoxy groups -OCH3 is 1. The van der Waals surface area contributed by atoms with E-state index in [4.69, 9.17) is 26.5 Å². The first-order chi connectivity index (χ1) is 16.6. The van der Waals surface area contributed by atoms with Crippen LogP contribution in [0, 0.1) is 5.41 Å². The molecule has 2 aromatic carbocycles. The Balaban J connectivity index is 1.62. The van der Waals surface area contributed by atoms with Crippen molar-refractivity contribution in [2.75, 3.05) is 12.9 Å². The van der Waals surface area contributed by atoms with E-state index in [0.717, 1.165) is 16.8 Å². The first-order valence-corrected chi connectivity index (χ1v) is 12.9. The van der Waals surface area contributed by atoms with Crippen molar-refractivity contribution in [1.82, 2.24) is 5.01 Å². The van der Waals surface area contributed by atoms with Crippen LogP contribution in [0.5, 0.6) is 11.5 Å². The van der Waals surface area contributed by atoms with Crippen molar-refractivity contribution in [3.05, 3.63) is 64.2 Å². The Hall–Kier alpha value is -3.48. The van der Waals surface area contributed by atoms with E-state index in [9.17, 15) is 18.0 Å². The molecule has 180 valence electrons. The quantitative estimate of drug-likeness (QED) is 0.350. The van der Waals surface area contributed by atoms with Crippen LogP contribution in [0.3, 0.4) is 0 Å². The average molecular weight is 533 g/mol. The number of amidine groups is 2. The largest absolute Gasteiger partial charge is 0.493 e. The number of benzene rings is 2. The summed E-state index contributed by atoms with van der Waals surface area (Å²) in [7, 11) is -2.24. The fraction of sp³-hybridized carbons (Fsp3) is 0.136. The zero-order valence-electron chi connectivity index (χ0n) is 18.3. The number of carbonyl (C=O) groups is 2. The molecule has 2 heterocycles. The molecule has 0 saturated carbocycles. The van der Waals surface area contributed by atoms with Crippen LogP contribution < -0.4 is 9.47 Å². The number of aliphatic imine (C=N–C) groups is 1. The van der Waals surface area contributed by atoms with E-state index >= 15 is 0 Å². The number of halogens is 1. The maximum Gasteiger partial charge on any atom is 0.345 e. The second kappa shape index (κ2) is 9.64. The number of ether oxygens (including phenoxy) is 2. The zero-order chi connectivity index (χ0) is 25.3. The van der Waals surface area contributed by atoms with Crippen molar-refractivity contribution in [2.45, 2.75) is 6.92 Å². The van der Waals surface area contributed by atoms with E-state index in [-0.39, 0.29) is 48.8 Å². The number of sulfone groups is 1. The van der Waals surface area contributed by atoms with Gasteiger partial charge in [-0.1, -0.05) is 36.7 Å². The summed E-state index contributed by atoms with van der Waals surface area (Å²) in [5.74, 6) is -1.55. The normalized spacial score (nSPS) is 16.7. The van der Waals surface area contributed by atoms with Crippen molar-refractivity contribution in [1.29, 1.82) is 5.41 Å². The predicted octanol–water partition coefficient (Wildman–Crippen LogP) is 3.58. The number of fused-ring (bicyclic) bond motifs is 1. The lowest BCUT2D eigenvalue weighted by Gasteiger charge is -2.20. The molecule has 0 atom stereocenters. The predicted molar refractivity (Wildman–Crippen MR) is 134 cm³/mol. The van der Waals surface area contributed by atoms with Crippen LogP contribution in [-0.4, -0.2) is 53.5 Å². The highest BCUT2D eigenvalue weighted by Crippen LogP contribution is 2.33. The van der Waals surface area contributed by atoms with Gasteiger partial charge in [0.1, 0.15) is 0 Å². The summed E-state index contributed by atoms with van der Waals surface area (Å²) >= 11 is 6.78. The van der Waals surface area contributed by atoms with E-state index in [1.54, 1.807) is 24.3 Å². The van der Waals surface area contributed by atoms with Crippen LogP contribution in [0.15, 0.2) is 58.1 Å². The van der Waals surface area contributed by atoms with E-state index in [0.29, 0.717) is 5.56 Å². The van der Waals surface area contributed by atoms with E-state index in [1.165, 1.54) is 38.3 Å². The number of hydrogen-bond acceptors (Lipinski definition) is 9. The van der Waals surface area contributed by atoms with E-state index in [1.807, 2.05) is 0 Å². The molecule has 2 aliphatic heterocycles. The van der Waals surface area contributed by atoms with Crippen LogP contribution in [0.2, 0.25) is 5.02 Å². The number of hydrazone groups is 1. The summed E-state index contributed by atoms with van der Waals surface area (Å²) in [5.41, 5.74) is 0.533. The molecule has 1 amide bonds. The van der Waals surface area contributed by atoms with Crippen molar-refractivity contribution < 1.29 is 27.5 Å². The second-order valence-corrected chi connectivity index (χ2v) is 10.9. The van der Waals surface area contributed by atoms with Gasteiger partial charge in [0.25, 0.3) is 5.91 Å². The lowest BCUT2D eigenvalue weighted by atomic mass is 10.1. The molecule has 0 saturated heterocycles. The third-order valence-electron chi connectivity index (χ3n) is 4.88. The number of hydrogen-bond donors (Lipinski definition) is 1. The van der Waals surface area contributed by atoms with Gasteiger partial charge >= 0.3 is 5.97 Å². The van der Waals surface area contributed by atoms with Crippen LogP contribution in [0.25, 0.3) is 6.08 Å². The van der Waals surface area contributed by atoms with Gasteiger partial charge in [-0.15, -0.1) is 5.10 Å². The molecular formula is C22H17ClN4O6S2. The Morgan fingerprint density at radius 3 is 2.66 bits per heavy atom. The number of amides is 1. The summed E-state index contributed by atoms with van der Waals surface area (Å²) in [6.07, 6.45) is 1.39. The van der Waals surface area contributed by atoms with Gasteiger partial charge in [-0.2, -0.15) is 10.0 Å². The standard InChI is InChI=1S/C22H17ClN4O6S2/c1-3-35(30,31)22-26-27-18(24)14(19(28)25-21(27)34-22)10-12-8-9-16(17(11-12)32-2)33-20(29)13-6-4-5-7-15(13)23/h4-11,24H,3H2,1-2H3/b14-10+,24-18?. The first kappa shape index (κ1) is 24.6. The molecule has 4 rings (SSSR count). The Morgan fingerprint density at radius 2 is 1.97 bits per heavy atom. The van der Waals surface area contributed by atoms with Crippen LogP contribution >= 0.6 is 23.4 Å². The third-order valence-corrected chi connectivity index (χ3v) is 8.30. The summed E-state index contributed by atoms with van der Waals surface area (Å²) < 4.78 is 34.8. The SMILES string of the molecule is CCS(=O)(=O)C1=NN2C(=N)/C(=C\c3ccc(OC(=O)c4ccccc4Cl)c(OC)c3)C(=O)N=C2S1. The first-order valence-electron chi connectivity index (χ1n) is 10.0. The number of thioether (sulfide) groups is 1. The van der Waals surface area contributed by atoms with Gasteiger partial charge in [-0.3, -0.25) is 10.2 Å². The Morgan fingerprint density at radius 1 is 1.23 bits per heavy atom. The number of rotatable bonds is 5. The summed E-state index contributed by atoms with van der Waals surface area (Å²) in [5, 5.41) is 13.6. The lowest BCUT2D eigenvalue weighted by Crippen LogP contribution is -2.35. The third kappa shape index (κ3) is 4.85. The minimum Gasteiger partial charge on any atom is -0.493 e. The number of nitrogens with zero attached hydrogens (tertiary/aromatic N) is 3. The molecule has 0 spiro atoms. The van der Waals surface area contributed by atoms with Crippen molar-refractivity contribution in [3.8, 4) is 11.5 Å². The number of carbonyl (C=O) groups excluding carboxylic acids is 2. The molecule has 1 N–H and O–H groups in total. The molecule has 2 aromatic rings. The summed E-state index contributed by atoms with van der Waals surface area (Å²) in [6, 6.07) is 11.0. The van der Waals surface area contributed by atoms with Crippen molar-refractivity contribution in [2.24, 2.45) is 10.1 Å². The molecule has 0 aromatic heterocycles. The Labute approximate surface area is 209 Å². The van der Waals surface area contributed by atoms with Gasteiger partial charge in [-0.05, 0) is 47.7 Å².